The van der Waals surface area contributed by atoms with Crippen LogP contribution < -0.4 is 20.9 Å². The molecule has 3 aromatic rings. The molecule has 9 nitrogen and oxygen atoms in total. The highest BCUT2D eigenvalue weighted by atomic mass is 16.5. The summed E-state index contributed by atoms with van der Waals surface area (Å²) in [5.41, 5.74) is 13.5. The van der Waals surface area contributed by atoms with Crippen LogP contribution in [0.25, 0.3) is 22.2 Å². The molecule has 192 valence electrons. The molecule has 0 spiro atoms. The highest BCUT2D eigenvalue weighted by Gasteiger charge is 2.30. The quantitative estimate of drug-likeness (QED) is 0.224. The number of hydrogen-bond acceptors (Lipinski definition) is 5. The van der Waals surface area contributed by atoms with Gasteiger partial charge in [-0.05, 0) is 86.9 Å². The Bertz CT molecular complexity index is 1330. The van der Waals surface area contributed by atoms with Crippen LogP contribution in [0, 0.1) is 22.7 Å². The summed E-state index contributed by atoms with van der Waals surface area (Å²) in [4.78, 5) is 12.3. The molecule has 2 aliphatic rings. The number of nitriles is 1. The summed E-state index contributed by atoms with van der Waals surface area (Å²) in [5.74, 6) is 2.44. The summed E-state index contributed by atoms with van der Waals surface area (Å²) in [6.07, 6.45) is 7.25. The van der Waals surface area contributed by atoms with Crippen LogP contribution in [-0.2, 0) is 4.79 Å². The molecule has 2 aromatic carbocycles. The topological polar surface area (TPSA) is 152 Å². The van der Waals surface area contributed by atoms with E-state index in [1.165, 1.54) is 19.3 Å². The summed E-state index contributed by atoms with van der Waals surface area (Å²) in [7, 11) is 0. The fraction of sp³-hybridized carbons (Fsp3) is 0.357. The summed E-state index contributed by atoms with van der Waals surface area (Å²) in [6.45, 7) is 2.24. The van der Waals surface area contributed by atoms with Gasteiger partial charge in [-0.3, -0.25) is 10.2 Å². The molecule has 0 bridgehead atoms. The van der Waals surface area contributed by atoms with Crippen molar-refractivity contribution in [2.24, 2.45) is 22.4 Å². The Morgan fingerprint density at radius 3 is 2.46 bits per heavy atom. The third kappa shape index (κ3) is 5.75. The minimum Gasteiger partial charge on any atom is -0.490 e. The molecule has 1 unspecified atom stereocenters. The van der Waals surface area contributed by atoms with Gasteiger partial charge in [0.05, 0.1) is 22.9 Å². The molecule has 1 atom stereocenters. The standard InChI is InChI=1S/C27H29N5O2.CH3NO/c1-17(18-5-6-18)34-21-9-7-19(8-10-21)27-24(14-28)23-12-11-22(33-15-26(30)31-16-29)13-25(23)32(27)20-3-2-4-20;2-1-3/h7-13,16-18,20H,2-6,15H2,1H3,(H3,29,30,31);1H,(H2,2,3). The zero-order chi connectivity index (χ0) is 26.4. The first-order valence-electron chi connectivity index (χ1n) is 12.4. The van der Waals surface area contributed by atoms with E-state index >= 15 is 0 Å². The van der Waals surface area contributed by atoms with Crippen LogP contribution in [0.2, 0.25) is 0 Å². The van der Waals surface area contributed by atoms with E-state index in [1.54, 1.807) is 0 Å². The van der Waals surface area contributed by atoms with Crippen molar-refractivity contribution in [3.05, 3.63) is 48.0 Å². The van der Waals surface area contributed by atoms with E-state index in [1.807, 2.05) is 30.3 Å². The van der Waals surface area contributed by atoms with Crippen LogP contribution in [0.3, 0.4) is 0 Å². The van der Waals surface area contributed by atoms with Crippen molar-refractivity contribution in [3.8, 4) is 28.8 Å². The number of rotatable bonds is 9. The van der Waals surface area contributed by atoms with E-state index in [0.717, 1.165) is 47.1 Å². The van der Waals surface area contributed by atoms with E-state index in [2.05, 4.69) is 40.4 Å². The number of nitrogens with one attached hydrogen (secondary N) is 1. The molecular weight excluding hydrogens is 468 g/mol. The second-order valence-corrected chi connectivity index (χ2v) is 9.33. The number of fused-ring (bicyclic) bond motifs is 1. The summed E-state index contributed by atoms with van der Waals surface area (Å²) < 4.78 is 14.2. The minimum absolute atomic E-state index is 0.101. The molecule has 0 radical (unpaired) electrons. The molecule has 0 aliphatic heterocycles. The van der Waals surface area contributed by atoms with Gasteiger partial charge in [-0.1, -0.05) is 0 Å². The van der Waals surface area contributed by atoms with E-state index in [9.17, 15) is 5.26 Å². The lowest BCUT2D eigenvalue weighted by molar-refractivity contribution is -0.106. The Morgan fingerprint density at radius 1 is 1.22 bits per heavy atom. The van der Waals surface area contributed by atoms with Crippen molar-refractivity contribution >= 4 is 29.5 Å². The molecule has 37 heavy (non-hydrogen) atoms. The van der Waals surface area contributed by atoms with Crippen molar-refractivity contribution in [2.75, 3.05) is 6.61 Å². The van der Waals surface area contributed by atoms with Gasteiger partial charge < -0.3 is 25.5 Å². The largest absolute Gasteiger partial charge is 0.490 e. The molecule has 1 heterocycles. The van der Waals surface area contributed by atoms with Gasteiger partial charge in [-0.25, -0.2) is 4.99 Å². The van der Waals surface area contributed by atoms with Gasteiger partial charge in [0.15, 0.2) is 0 Å². The van der Waals surface area contributed by atoms with Gasteiger partial charge in [-0.2, -0.15) is 5.26 Å². The third-order valence-corrected chi connectivity index (χ3v) is 6.88. The Kier molecular flexibility index (Phi) is 8.08. The molecular formula is C28H32N6O3. The number of benzene rings is 2. The van der Waals surface area contributed by atoms with Gasteiger partial charge in [0.25, 0.3) is 0 Å². The smallest absolute Gasteiger partial charge is 0.204 e. The van der Waals surface area contributed by atoms with Crippen LogP contribution in [0.5, 0.6) is 11.5 Å². The van der Waals surface area contributed by atoms with Gasteiger partial charge in [0, 0.05) is 17.5 Å². The van der Waals surface area contributed by atoms with Crippen LogP contribution in [0.1, 0.15) is 50.6 Å². The number of amidine groups is 1. The number of primary amides is 1. The van der Waals surface area contributed by atoms with Gasteiger partial charge >= 0.3 is 0 Å². The predicted molar refractivity (Wildman–Crippen MR) is 144 cm³/mol. The van der Waals surface area contributed by atoms with Crippen molar-refractivity contribution in [1.29, 1.82) is 10.7 Å². The third-order valence-electron chi connectivity index (χ3n) is 6.88. The zero-order valence-corrected chi connectivity index (χ0v) is 20.9. The highest BCUT2D eigenvalue weighted by Crippen LogP contribution is 2.43. The number of ether oxygens (including phenoxy) is 2. The second-order valence-electron chi connectivity index (χ2n) is 9.33. The summed E-state index contributed by atoms with van der Waals surface area (Å²) >= 11 is 0. The van der Waals surface area contributed by atoms with Crippen LogP contribution in [0.4, 0.5) is 0 Å². The van der Waals surface area contributed by atoms with E-state index in [4.69, 9.17) is 25.4 Å². The van der Waals surface area contributed by atoms with Crippen molar-refractivity contribution in [2.45, 2.75) is 51.2 Å². The highest BCUT2D eigenvalue weighted by molar-refractivity contribution is 5.95. The normalized spacial score (nSPS) is 16.1. The lowest BCUT2D eigenvalue weighted by Crippen LogP contribution is -2.21. The van der Waals surface area contributed by atoms with Gasteiger partial charge in [0.1, 0.15) is 36.3 Å². The van der Waals surface area contributed by atoms with Gasteiger partial charge in [0.2, 0.25) is 6.41 Å². The summed E-state index contributed by atoms with van der Waals surface area (Å²) in [6, 6.07) is 16.7. The lowest BCUT2D eigenvalue weighted by atomic mass is 9.92. The zero-order valence-electron chi connectivity index (χ0n) is 20.9. The molecule has 5 N–H and O–H groups in total. The maximum atomic E-state index is 10.1. The molecule has 0 saturated heterocycles. The first kappa shape index (κ1) is 25.8. The Balaban J connectivity index is 0.00000102. The average molecular weight is 501 g/mol. The van der Waals surface area contributed by atoms with Crippen LogP contribution in [-0.4, -0.2) is 35.9 Å². The molecule has 2 saturated carbocycles. The molecule has 2 aliphatic carbocycles. The number of hydrogen-bond donors (Lipinski definition) is 3. The first-order valence-corrected chi connectivity index (χ1v) is 12.4. The molecule has 2 fully saturated rings. The maximum absolute atomic E-state index is 10.1. The van der Waals surface area contributed by atoms with Crippen molar-refractivity contribution in [3.63, 3.8) is 0 Å². The average Bonchev–Trinajstić information content (AvgIpc) is 3.67. The number of carbonyl (C=O) groups is 1. The fourth-order valence-corrected chi connectivity index (χ4v) is 4.65. The Hall–Kier alpha value is -4.32. The van der Waals surface area contributed by atoms with Crippen molar-refractivity contribution in [1.82, 2.24) is 4.57 Å². The number of aliphatic imine (C=N–C) groups is 1. The second kappa shape index (κ2) is 11.6. The van der Waals surface area contributed by atoms with E-state index < -0.39 is 0 Å². The number of amides is 1. The van der Waals surface area contributed by atoms with Crippen LogP contribution in [0.15, 0.2) is 47.5 Å². The number of carbonyl (C=O) groups excluding carboxylic acids is 1. The number of nitrogens with two attached hydrogens (primary N) is 2. The molecule has 1 aromatic heterocycles. The predicted octanol–water partition coefficient (Wildman–Crippen LogP) is 4.53. The van der Waals surface area contributed by atoms with E-state index in [-0.39, 0.29) is 25.0 Å². The fourth-order valence-electron chi connectivity index (χ4n) is 4.65. The Labute approximate surface area is 216 Å². The minimum atomic E-state index is 0.101. The first-order chi connectivity index (χ1) is 18.0. The number of aromatic nitrogens is 1. The molecule has 1 amide bonds. The maximum Gasteiger partial charge on any atom is 0.204 e. The van der Waals surface area contributed by atoms with Crippen molar-refractivity contribution < 1.29 is 14.3 Å². The molecule has 5 rings (SSSR count). The number of nitrogens with zero attached hydrogens (tertiary/aromatic N) is 3. The SMILES string of the molecule is CC(Oc1ccc(-c2c(C#N)c3ccc(OCC(N)=NC=N)cc3n2C2CCC2)cc1)C1CC1.NC=O. The summed E-state index contributed by atoms with van der Waals surface area (Å²) in [5, 5.41) is 18.1. The van der Waals surface area contributed by atoms with Crippen LogP contribution >= 0.6 is 0 Å². The monoisotopic (exact) mass is 500 g/mol. The van der Waals surface area contributed by atoms with Gasteiger partial charge in [-0.15, -0.1) is 0 Å². The van der Waals surface area contributed by atoms with E-state index in [0.29, 0.717) is 23.3 Å². The lowest BCUT2D eigenvalue weighted by Gasteiger charge is -2.30. The molecule has 9 heteroatoms. The Morgan fingerprint density at radius 2 is 1.89 bits per heavy atom.